The van der Waals surface area contributed by atoms with Crippen molar-refractivity contribution in [1.82, 2.24) is 5.32 Å². The highest BCUT2D eigenvalue weighted by atomic mass is 16.5. The van der Waals surface area contributed by atoms with Crippen molar-refractivity contribution in [1.29, 1.82) is 0 Å². The molecule has 0 aromatic carbocycles. The second kappa shape index (κ2) is 8.49. The smallest absolute Gasteiger partial charge is 0.303 e. The van der Waals surface area contributed by atoms with Crippen LogP contribution >= 0.6 is 0 Å². The van der Waals surface area contributed by atoms with Gasteiger partial charge in [0.25, 0.3) is 0 Å². The fourth-order valence-corrected chi connectivity index (χ4v) is 2.03. The quantitative estimate of drug-likeness (QED) is 0.347. The van der Waals surface area contributed by atoms with Crippen molar-refractivity contribution in [2.24, 2.45) is 0 Å². The molecule has 0 aromatic heterocycles. The number of carbonyl (C=O) groups is 3. The van der Waals surface area contributed by atoms with E-state index in [0.29, 0.717) is 0 Å². The van der Waals surface area contributed by atoms with Gasteiger partial charge in [-0.05, 0) is 19.3 Å². The van der Waals surface area contributed by atoms with E-state index in [1.165, 1.54) is 6.92 Å². The first-order valence-corrected chi connectivity index (χ1v) is 6.25. The third-order valence-corrected chi connectivity index (χ3v) is 2.96. The van der Waals surface area contributed by atoms with E-state index < -0.39 is 29.7 Å². The van der Waals surface area contributed by atoms with E-state index >= 15 is 0 Å². The van der Waals surface area contributed by atoms with Crippen molar-refractivity contribution in [3.8, 4) is 0 Å². The first-order valence-electron chi connectivity index (χ1n) is 6.25. The van der Waals surface area contributed by atoms with Gasteiger partial charge >= 0.3 is 11.9 Å². The normalized spacial score (nSPS) is 11.4. The minimum absolute atomic E-state index is 0.0297. The number of nitrogens with one attached hydrogen (secondary N) is 1. The average Bonchev–Trinajstić information content (AvgIpc) is 2.30. The van der Waals surface area contributed by atoms with Crippen LogP contribution in [0.1, 0.15) is 45.4 Å². The highest BCUT2D eigenvalue weighted by Gasteiger charge is 2.32. The molecule has 0 saturated heterocycles. The third-order valence-electron chi connectivity index (χ3n) is 2.96. The topological polar surface area (TPSA) is 144 Å². The van der Waals surface area contributed by atoms with Gasteiger partial charge in [-0.1, -0.05) is 0 Å². The summed E-state index contributed by atoms with van der Waals surface area (Å²) in [6.45, 7) is 1.24. The minimum atomic E-state index is -1.60. The van der Waals surface area contributed by atoms with Crippen molar-refractivity contribution in [2.75, 3.05) is 0 Å². The third kappa shape index (κ3) is 8.44. The maximum absolute atomic E-state index is 11.3. The molecule has 0 aliphatic rings. The Morgan fingerprint density at radius 3 is 1.75 bits per heavy atom. The number of carbonyl (C=O) groups excluding carboxylic acids is 1. The molecule has 0 aliphatic carbocycles. The lowest BCUT2D eigenvalue weighted by molar-refractivity contribution is -0.138. The fraction of sp³-hybridized carbons (Fsp3) is 0.750. The number of carboxylic acid groups (broad SMARTS) is 2. The first kappa shape index (κ1) is 18.3. The van der Waals surface area contributed by atoms with Crippen LogP contribution in [-0.4, -0.2) is 50.1 Å². The zero-order chi connectivity index (χ0) is 15.8. The Hall–Kier alpha value is -1.67. The second-order valence-electron chi connectivity index (χ2n) is 4.77. The number of aliphatic carboxylic acids is 2. The van der Waals surface area contributed by atoms with Crippen LogP contribution in [0.2, 0.25) is 0 Å². The second-order valence-corrected chi connectivity index (χ2v) is 4.77. The van der Waals surface area contributed by atoms with Crippen LogP contribution in [0.4, 0.5) is 0 Å². The molecular weight excluding hydrogens is 270 g/mol. The van der Waals surface area contributed by atoms with Gasteiger partial charge in [0.1, 0.15) is 0 Å². The maximum atomic E-state index is 11.3. The molecule has 0 heterocycles. The molecule has 0 spiro atoms. The number of aliphatic hydroxyl groups is 2. The highest BCUT2D eigenvalue weighted by Crippen LogP contribution is 2.26. The van der Waals surface area contributed by atoms with E-state index in [1.807, 2.05) is 0 Å². The monoisotopic (exact) mass is 291 g/mol. The summed E-state index contributed by atoms with van der Waals surface area (Å²) in [4.78, 5) is 32.6. The molecule has 5 N–H and O–H groups in total. The molecule has 1 amide bonds. The predicted octanol–water partition coefficient (Wildman–Crippen LogP) is -0.318. The van der Waals surface area contributed by atoms with Crippen LogP contribution in [-0.2, 0) is 14.4 Å². The minimum Gasteiger partial charge on any atom is -0.481 e. The number of hydrogen-bond acceptors (Lipinski definition) is 5. The molecule has 8 heteroatoms. The van der Waals surface area contributed by atoms with Crippen molar-refractivity contribution in [2.45, 2.75) is 57.3 Å². The van der Waals surface area contributed by atoms with Crippen molar-refractivity contribution < 1.29 is 34.8 Å². The number of aliphatic hydroxyl groups excluding tert-OH is 1. The molecule has 0 rings (SSSR count). The van der Waals surface area contributed by atoms with E-state index in [9.17, 15) is 14.4 Å². The van der Waals surface area contributed by atoms with Gasteiger partial charge < -0.3 is 25.7 Å². The molecule has 0 fully saturated rings. The standard InChI is InChI=1S/C12H21NO7/c1-8(14)13-12(5-2-9(15)16,6-3-10(17)18)7-4-11(19)20/h9,15-16H,2-7H2,1H3,(H,13,14)(H,17,18)(H,19,20). The molecule has 20 heavy (non-hydrogen) atoms. The van der Waals surface area contributed by atoms with Gasteiger partial charge in [-0.15, -0.1) is 0 Å². The Bertz CT molecular complexity index is 336. The number of rotatable bonds is 10. The summed E-state index contributed by atoms with van der Waals surface area (Å²) in [5, 5.41) is 37.9. The van der Waals surface area contributed by atoms with E-state index in [4.69, 9.17) is 20.4 Å². The summed E-state index contributed by atoms with van der Waals surface area (Å²) in [6, 6.07) is 0. The van der Waals surface area contributed by atoms with Gasteiger partial charge in [0.2, 0.25) is 5.91 Å². The SMILES string of the molecule is CC(=O)NC(CCC(=O)O)(CCC(=O)O)CCC(O)O. The van der Waals surface area contributed by atoms with Crippen molar-refractivity contribution in [3.63, 3.8) is 0 Å². The molecule has 0 unspecified atom stereocenters. The van der Waals surface area contributed by atoms with Gasteiger partial charge in [-0.25, -0.2) is 0 Å². The Morgan fingerprint density at radius 2 is 1.45 bits per heavy atom. The van der Waals surface area contributed by atoms with Gasteiger partial charge in [-0.2, -0.15) is 0 Å². The maximum Gasteiger partial charge on any atom is 0.303 e. The van der Waals surface area contributed by atoms with Gasteiger partial charge in [0.15, 0.2) is 6.29 Å². The van der Waals surface area contributed by atoms with Crippen LogP contribution in [0.5, 0.6) is 0 Å². The summed E-state index contributed by atoms with van der Waals surface area (Å²) >= 11 is 0. The van der Waals surface area contributed by atoms with Gasteiger partial charge in [0, 0.05) is 31.7 Å². The molecule has 0 atom stereocenters. The molecule has 116 valence electrons. The zero-order valence-electron chi connectivity index (χ0n) is 11.3. The summed E-state index contributed by atoms with van der Waals surface area (Å²) in [5.74, 6) is -2.56. The van der Waals surface area contributed by atoms with E-state index in [1.54, 1.807) is 0 Å². The summed E-state index contributed by atoms with van der Waals surface area (Å²) in [5.41, 5.74) is -1.06. The molecule has 0 saturated carbocycles. The largest absolute Gasteiger partial charge is 0.481 e. The Morgan fingerprint density at radius 1 is 1.00 bits per heavy atom. The molecule has 8 nitrogen and oxygen atoms in total. The molecular formula is C12H21NO7. The van der Waals surface area contributed by atoms with Crippen LogP contribution in [0, 0.1) is 0 Å². The molecule has 0 radical (unpaired) electrons. The van der Waals surface area contributed by atoms with E-state index in [-0.39, 0.29) is 38.5 Å². The lowest BCUT2D eigenvalue weighted by atomic mass is 9.83. The summed E-state index contributed by atoms with van der Waals surface area (Å²) < 4.78 is 0. The van der Waals surface area contributed by atoms with Crippen LogP contribution in [0.3, 0.4) is 0 Å². The summed E-state index contributed by atoms with van der Waals surface area (Å²) in [6.07, 6.45) is -2.03. The molecule has 0 aliphatic heterocycles. The molecule has 0 aromatic rings. The van der Waals surface area contributed by atoms with E-state index in [2.05, 4.69) is 5.32 Å². The van der Waals surface area contributed by atoms with Crippen molar-refractivity contribution in [3.05, 3.63) is 0 Å². The number of carboxylic acids is 2. The van der Waals surface area contributed by atoms with Crippen LogP contribution < -0.4 is 5.32 Å². The number of amides is 1. The Kier molecular flexibility index (Phi) is 7.78. The van der Waals surface area contributed by atoms with Gasteiger partial charge in [0.05, 0.1) is 0 Å². The van der Waals surface area contributed by atoms with Crippen LogP contribution in [0.15, 0.2) is 0 Å². The average molecular weight is 291 g/mol. The lowest BCUT2D eigenvalue weighted by Gasteiger charge is -2.34. The van der Waals surface area contributed by atoms with Crippen molar-refractivity contribution >= 4 is 17.8 Å². The molecule has 0 bridgehead atoms. The Labute approximate surface area is 116 Å². The lowest BCUT2D eigenvalue weighted by Crippen LogP contribution is -2.48. The van der Waals surface area contributed by atoms with Crippen LogP contribution in [0.25, 0.3) is 0 Å². The summed E-state index contributed by atoms with van der Waals surface area (Å²) in [7, 11) is 0. The zero-order valence-corrected chi connectivity index (χ0v) is 11.3. The highest BCUT2D eigenvalue weighted by molar-refractivity contribution is 5.74. The van der Waals surface area contributed by atoms with Gasteiger partial charge in [-0.3, -0.25) is 14.4 Å². The fourth-order valence-electron chi connectivity index (χ4n) is 2.03. The number of hydrogen-bond donors (Lipinski definition) is 5. The first-order chi connectivity index (χ1) is 9.17. The van der Waals surface area contributed by atoms with E-state index in [0.717, 1.165) is 0 Å². The Balaban J connectivity index is 4.97. The predicted molar refractivity (Wildman–Crippen MR) is 67.7 cm³/mol.